The molecule has 0 saturated heterocycles. The molecule has 0 aromatic heterocycles. The van der Waals surface area contributed by atoms with Gasteiger partial charge < -0.3 is 10.1 Å². The Morgan fingerprint density at radius 1 is 1.11 bits per heavy atom. The van der Waals surface area contributed by atoms with E-state index in [4.69, 9.17) is 16.3 Å². The standard InChI is InChI=1S/C16H18ClNO/c1-11-4-7-13(17)10-15(11)16(18-2)12-5-8-14(19-3)9-6-12/h4-10,16,18H,1-3H3. The van der Waals surface area contributed by atoms with Crippen LogP contribution in [0.15, 0.2) is 42.5 Å². The Labute approximate surface area is 119 Å². The van der Waals surface area contributed by atoms with Crippen molar-refractivity contribution >= 4 is 11.6 Å². The molecule has 1 unspecified atom stereocenters. The van der Waals surface area contributed by atoms with Crippen LogP contribution >= 0.6 is 11.6 Å². The van der Waals surface area contributed by atoms with Gasteiger partial charge in [-0.15, -0.1) is 0 Å². The first kappa shape index (κ1) is 13.9. The number of nitrogens with one attached hydrogen (secondary N) is 1. The van der Waals surface area contributed by atoms with E-state index in [0.29, 0.717) is 0 Å². The van der Waals surface area contributed by atoms with Gasteiger partial charge >= 0.3 is 0 Å². The molecule has 0 bridgehead atoms. The van der Waals surface area contributed by atoms with Gasteiger partial charge in [-0.2, -0.15) is 0 Å². The lowest BCUT2D eigenvalue weighted by Crippen LogP contribution is -2.18. The number of ether oxygens (including phenoxy) is 1. The molecule has 0 fully saturated rings. The second kappa shape index (κ2) is 6.09. The van der Waals surface area contributed by atoms with Crippen molar-refractivity contribution < 1.29 is 4.74 Å². The number of benzene rings is 2. The van der Waals surface area contributed by atoms with Gasteiger partial charge in [0.15, 0.2) is 0 Å². The minimum absolute atomic E-state index is 0.129. The molecule has 19 heavy (non-hydrogen) atoms. The van der Waals surface area contributed by atoms with Gasteiger partial charge in [0, 0.05) is 5.02 Å². The van der Waals surface area contributed by atoms with Crippen LogP contribution in [-0.2, 0) is 0 Å². The van der Waals surface area contributed by atoms with E-state index >= 15 is 0 Å². The monoisotopic (exact) mass is 275 g/mol. The highest BCUT2D eigenvalue weighted by molar-refractivity contribution is 6.30. The number of hydrogen-bond donors (Lipinski definition) is 1. The molecule has 2 aromatic carbocycles. The summed E-state index contributed by atoms with van der Waals surface area (Å²) in [5.74, 6) is 0.862. The van der Waals surface area contributed by atoms with Gasteiger partial charge in [-0.25, -0.2) is 0 Å². The largest absolute Gasteiger partial charge is 0.497 e. The Kier molecular flexibility index (Phi) is 4.46. The first-order valence-electron chi connectivity index (χ1n) is 6.23. The number of methoxy groups -OCH3 is 1. The van der Waals surface area contributed by atoms with E-state index in [1.807, 2.05) is 37.4 Å². The van der Waals surface area contributed by atoms with E-state index in [-0.39, 0.29) is 6.04 Å². The minimum Gasteiger partial charge on any atom is -0.497 e. The minimum atomic E-state index is 0.129. The van der Waals surface area contributed by atoms with Crippen molar-refractivity contribution in [2.45, 2.75) is 13.0 Å². The molecular formula is C16H18ClNO. The van der Waals surface area contributed by atoms with E-state index in [0.717, 1.165) is 10.8 Å². The van der Waals surface area contributed by atoms with E-state index in [1.54, 1.807) is 7.11 Å². The molecular weight excluding hydrogens is 258 g/mol. The molecule has 3 heteroatoms. The van der Waals surface area contributed by atoms with E-state index in [1.165, 1.54) is 16.7 Å². The van der Waals surface area contributed by atoms with Crippen LogP contribution in [0.1, 0.15) is 22.7 Å². The van der Waals surface area contributed by atoms with Crippen LogP contribution in [0.3, 0.4) is 0 Å². The van der Waals surface area contributed by atoms with Gasteiger partial charge in [-0.1, -0.05) is 29.8 Å². The number of hydrogen-bond acceptors (Lipinski definition) is 2. The Balaban J connectivity index is 2.40. The van der Waals surface area contributed by atoms with Crippen LogP contribution in [0, 0.1) is 6.92 Å². The zero-order valence-corrected chi connectivity index (χ0v) is 12.2. The SMILES string of the molecule is CNC(c1ccc(OC)cc1)c1cc(Cl)ccc1C. The molecule has 100 valence electrons. The van der Waals surface area contributed by atoms with Crippen molar-refractivity contribution in [2.75, 3.05) is 14.2 Å². The maximum absolute atomic E-state index is 6.11. The molecule has 0 radical (unpaired) electrons. The van der Waals surface area contributed by atoms with Gasteiger partial charge in [0.05, 0.1) is 13.2 Å². The Hall–Kier alpha value is -1.51. The molecule has 0 heterocycles. The smallest absolute Gasteiger partial charge is 0.118 e. The van der Waals surface area contributed by atoms with Gasteiger partial charge in [0.2, 0.25) is 0 Å². The van der Waals surface area contributed by atoms with Crippen LogP contribution in [0.2, 0.25) is 5.02 Å². The van der Waals surface area contributed by atoms with Crippen molar-refractivity contribution in [2.24, 2.45) is 0 Å². The molecule has 2 rings (SSSR count). The molecule has 0 spiro atoms. The van der Waals surface area contributed by atoms with Crippen molar-refractivity contribution in [3.05, 3.63) is 64.2 Å². The van der Waals surface area contributed by atoms with Gasteiger partial charge in [-0.05, 0) is 54.9 Å². The maximum atomic E-state index is 6.11. The molecule has 2 aromatic rings. The van der Waals surface area contributed by atoms with Crippen molar-refractivity contribution in [3.8, 4) is 5.75 Å². The number of halogens is 1. The molecule has 2 nitrogen and oxygen atoms in total. The number of aryl methyl sites for hydroxylation is 1. The predicted molar refractivity (Wildman–Crippen MR) is 80.1 cm³/mol. The lowest BCUT2D eigenvalue weighted by Gasteiger charge is -2.20. The first-order valence-corrected chi connectivity index (χ1v) is 6.60. The maximum Gasteiger partial charge on any atom is 0.118 e. The normalized spacial score (nSPS) is 12.2. The van der Waals surface area contributed by atoms with E-state index < -0.39 is 0 Å². The van der Waals surface area contributed by atoms with Crippen molar-refractivity contribution in [1.29, 1.82) is 0 Å². The zero-order chi connectivity index (χ0) is 13.8. The quantitative estimate of drug-likeness (QED) is 0.912. The lowest BCUT2D eigenvalue weighted by molar-refractivity contribution is 0.414. The predicted octanol–water partition coefficient (Wildman–Crippen LogP) is 3.97. The molecule has 0 amide bonds. The average Bonchev–Trinajstić information content (AvgIpc) is 2.44. The highest BCUT2D eigenvalue weighted by Gasteiger charge is 2.14. The fraction of sp³-hybridized carbons (Fsp3) is 0.250. The summed E-state index contributed by atoms with van der Waals surface area (Å²) in [6.07, 6.45) is 0. The topological polar surface area (TPSA) is 21.3 Å². The van der Waals surface area contributed by atoms with Gasteiger partial charge in [-0.3, -0.25) is 0 Å². The van der Waals surface area contributed by atoms with E-state index in [2.05, 4.69) is 24.4 Å². The van der Waals surface area contributed by atoms with Crippen LogP contribution in [0.4, 0.5) is 0 Å². The lowest BCUT2D eigenvalue weighted by atomic mass is 9.95. The highest BCUT2D eigenvalue weighted by Crippen LogP contribution is 2.28. The fourth-order valence-corrected chi connectivity index (χ4v) is 2.40. The summed E-state index contributed by atoms with van der Waals surface area (Å²) in [6.45, 7) is 2.10. The summed E-state index contributed by atoms with van der Waals surface area (Å²) < 4.78 is 5.19. The first-order chi connectivity index (χ1) is 9.15. The second-order valence-electron chi connectivity index (χ2n) is 4.50. The van der Waals surface area contributed by atoms with E-state index in [9.17, 15) is 0 Å². The average molecular weight is 276 g/mol. The second-order valence-corrected chi connectivity index (χ2v) is 4.93. The Morgan fingerprint density at radius 2 is 1.79 bits per heavy atom. The molecule has 1 atom stereocenters. The third kappa shape index (κ3) is 3.09. The fourth-order valence-electron chi connectivity index (χ4n) is 2.22. The van der Waals surface area contributed by atoms with Gasteiger partial charge in [0.1, 0.15) is 5.75 Å². The summed E-state index contributed by atoms with van der Waals surface area (Å²) >= 11 is 6.11. The third-order valence-electron chi connectivity index (χ3n) is 3.29. The van der Waals surface area contributed by atoms with Crippen LogP contribution in [-0.4, -0.2) is 14.2 Å². The Morgan fingerprint density at radius 3 is 2.37 bits per heavy atom. The number of rotatable bonds is 4. The molecule has 0 aliphatic heterocycles. The van der Waals surface area contributed by atoms with Gasteiger partial charge in [0.25, 0.3) is 0 Å². The summed E-state index contributed by atoms with van der Waals surface area (Å²) in [7, 11) is 3.63. The summed E-state index contributed by atoms with van der Waals surface area (Å²) in [5.41, 5.74) is 3.61. The molecule has 1 N–H and O–H groups in total. The zero-order valence-electron chi connectivity index (χ0n) is 11.4. The van der Waals surface area contributed by atoms with Crippen LogP contribution in [0.5, 0.6) is 5.75 Å². The highest BCUT2D eigenvalue weighted by atomic mass is 35.5. The third-order valence-corrected chi connectivity index (χ3v) is 3.53. The molecule has 0 aliphatic carbocycles. The summed E-state index contributed by atoms with van der Waals surface area (Å²) in [6, 6.07) is 14.2. The van der Waals surface area contributed by atoms with Crippen molar-refractivity contribution in [3.63, 3.8) is 0 Å². The van der Waals surface area contributed by atoms with Crippen molar-refractivity contribution in [1.82, 2.24) is 5.32 Å². The Bertz CT molecular complexity index is 551. The van der Waals surface area contributed by atoms with Crippen LogP contribution < -0.4 is 10.1 Å². The molecule has 0 saturated carbocycles. The molecule has 0 aliphatic rings. The summed E-state index contributed by atoms with van der Waals surface area (Å²) in [4.78, 5) is 0. The summed E-state index contributed by atoms with van der Waals surface area (Å²) in [5, 5.41) is 4.10. The van der Waals surface area contributed by atoms with Crippen LogP contribution in [0.25, 0.3) is 0 Å².